The lowest BCUT2D eigenvalue weighted by atomic mass is 10.1. The molecule has 0 unspecified atom stereocenters. The van der Waals surface area contributed by atoms with Crippen molar-refractivity contribution >= 4 is 5.57 Å². The van der Waals surface area contributed by atoms with E-state index in [0.717, 1.165) is 0 Å². The minimum Gasteiger partial charge on any atom is -0.206 e. The molecule has 0 fully saturated rings. The average Bonchev–Trinajstić information content (AvgIpc) is 2.10. The van der Waals surface area contributed by atoms with Crippen molar-refractivity contribution in [2.45, 2.75) is 6.92 Å². The molecule has 0 radical (unpaired) electrons. The van der Waals surface area contributed by atoms with Crippen LogP contribution in [0.15, 0.2) is 30.3 Å². The highest BCUT2D eigenvalue weighted by molar-refractivity contribution is 5.76. The Bertz CT molecular complexity index is 347. The van der Waals surface area contributed by atoms with Gasteiger partial charge in [0.1, 0.15) is 5.82 Å². The minimum absolute atomic E-state index is 0.354. The SMILES string of the molecule is C/C=C(/C#N)c1ccccc1F. The zero-order valence-corrected chi connectivity index (χ0v) is 6.71. The Balaban J connectivity index is 3.21. The van der Waals surface area contributed by atoms with Gasteiger partial charge in [0.15, 0.2) is 0 Å². The Morgan fingerprint density at radius 2 is 2.17 bits per heavy atom. The van der Waals surface area contributed by atoms with Gasteiger partial charge in [-0.3, -0.25) is 0 Å². The fraction of sp³-hybridized carbons (Fsp3) is 0.100. The predicted molar refractivity (Wildman–Crippen MR) is 45.7 cm³/mol. The molecule has 1 nitrogen and oxygen atoms in total. The number of hydrogen-bond donors (Lipinski definition) is 0. The maximum Gasteiger partial charge on any atom is 0.131 e. The summed E-state index contributed by atoms with van der Waals surface area (Å²) in [5.74, 6) is -0.354. The highest BCUT2D eigenvalue weighted by Crippen LogP contribution is 2.16. The van der Waals surface area contributed by atoms with Gasteiger partial charge in [-0.1, -0.05) is 24.3 Å². The van der Waals surface area contributed by atoms with Gasteiger partial charge in [-0.15, -0.1) is 0 Å². The molecule has 0 aliphatic carbocycles. The second-order valence-corrected chi connectivity index (χ2v) is 2.29. The van der Waals surface area contributed by atoms with Crippen molar-refractivity contribution in [3.05, 3.63) is 41.7 Å². The number of halogens is 1. The Morgan fingerprint density at radius 1 is 1.50 bits per heavy atom. The Labute approximate surface area is 70.8 Å². The zero-order valence-electron chi connectivity index (χ0n) is 6.71. The first-order valence-corrected chi connectivity index (χ1v) is 3.61. The molecule has 0 atom stereocenters. The molecule has 0 amide bonds. The summed E-state index contributed by atoms with van der Waals surface area (Å²) in [5, 5.41) is 8.62. The maximum atomic E-state index is 13.0. The molecule has 0 saturated carbocycles. The topological polar surface area (TPSA) is 23.8 Å². The van der Waals surface area contributed by atoms with Gasteiger partial charge in [0, 0.05) is 5.56 Å². The summed E-state index contributed by atoms with van der Waals surface area (Å²) in [7, 11) is 0. The smallest absolute Gasteiger partial charge is 0.131 e. The summed E-state index contributed by atoms with van der Waals surface area (Å²) in [6.45, 7) is 1.71. The molecule has 0 aliphatic heterocycles. The van der Waals surface area contributed by atoms with Gasteiger partial charge in [0.2, 0.25) is 0 Å². The van der Waals surface area contributed by atoms with Gasteiger partial charge in [0.25, 0.3) is 0 Å². The molecule has 0 spiro atoms. The minimum atomic E-state index is -0.354. The molecular formula is C10H8FN. The number of rotatable bonds is 1. The molecule has 12 heavy (non-hydrogen) atoms. The van der Waals surface area contributed by atoms with Crippen LogP contribution in [0.3, 0.4) is 0 Å². The maximum absolute atomic E-state index is 13.0. The molecule has 2 heteroatoms. The first kappa shape index (κ1) is 8.48. The molecule has 0 saturated heterocycles. The molecule has 0 bridgehead atoms. The average molecular weight is 161 g/mol. The van der Waals surface area contributed by atoms with E-state index in [4.69, 9.17) is 5.26 Å². The lowest BCUT2D eigenvalue weighted by Gasteiger charge is -1.98. The van der Waals surface area contributed by atoms with Gasteiger partial charge in [-0.05, 0) is 13.0 Å². The number of benzene rings is 1. The van der Waals surface area contributed by atoms with Gasteiger partial charge in [-0.2, -0.15) is 5.26 Å². The van der Waals surface area contributed by atoms with E-state index >= 15 is 0 Å². The van der Waals surface area contributed by atoms with E-state index in [9.17, 15) is 4.39 Å². The Kier molecular flexibility index (Phi) is 2.60. The van der Waals surface area contributed by atoms with E-state index < -0.39 is 0 Å². The van der Waals surface area contributed by atoms with Gasteiger partial charge in [-0.25, -0.2) is 4.39 Å². The van der Waals surface area contributed by atoms with E-state index in [1.807, 2.05) is 6.07 Å². The van der Waals surface area contributed by atoms with Crippen molar-refractivity contribution in [1.82, 2.24) is 0 Å². The fourth-order valence-corrected chi connectivity index (χ4v) is 0.960. The quantitative estimate of drug-likeness (QED) is 0.581. The molecule has 1 aromatic carbocycles. The van der Waals surface area contributed by atoms with Gasteiger partial charge >= 0.3 is 0 Å². The molecule has 0 aliphatic rings. The molecule has 0 aromatic heterocycles. The van der Waals surface area contributed by atoms with Crippen molar-refractivity contribution in [2.75, 3.05) is 0 Å². The normalized spacial score (nSPS) is 10.9. The van der Waals surface area contributed by atoms with Crippen molar-refractivity contribution in [3.63, 3.8) is 0 Å². The second-order valence-electron chi connectivity index (χ2n) is 2.29. The van der Waals surface area contributed by atoms with Crippen LogP contribution in [0.25, 0.3) is 5.57 Å². The van der Waals surface area contributed by atoms with Crippen LogP contribution in [0.2, 0.25) is 0 Å². The standard InChI is InChI=1S/C10H8FN/c1-2-8(7-12)9-5-3-4-6-10(9)11/h2-6H,1H3/b8-2-. The van der Waals surface area contributed by atoms with Crippen LogP contribution in [0.5, 0.6) is 0 Å². The lowest BCUT2D eigenvalue weighted by molar-refractivity contribution is 0.624. The summed E-state index contributed by atoms with van der Waals surface area (Å²) < 4.78 is 13.0. The third-order valence-electron chi connectivity index (χ3n) is 1.57. The van der Waals surface area contributed by atoms with Crippen LogP contribution in [0.1, 0.15) is 12.5 Å². The van der Waals surface area contributed by atoms with Crippen molar-refractivity contribution in [2.24, 2.45) is 0 Å². The highest BCUT2D eigenvalue weighted by atomic mass is 19.1. The molecule has 1 aromatic rings. The monoisotopic (exact) mass is 161 g/mol. The number of allylic oxidation sites excluding steroid dienone is 2. The third kappa shape index (κ3) is 1.51. The van der Waals surface area contributed by atoms with Crippen molar-refractivity contribution in [3.8, 4) is 6.07 Å². The van der Waals surface area contributed by atoms with Crippen LogP contribution in [0.4, 0.5) is 4.39 Å². The van der Waals surface area contributed by atoms with E-state index in [1.54, 1.807) is 31.2 Å². The number of nitriles is 1. The van der Waals surface area contributed by atoms with E-state index in [2.05, 4.69) is 0 Å². The van der Waals surface area contributed by atoms with Crippen molar-refractivity contribution in [1.29, 1.82) is 5.26 Å². The molecule has 0 N–H and O–H groups in total. The van der Waals surface area contributed by atoms with Gasteiger partial charge < -0.3 is 0 Å². The fourth-order valence-electron chi connectivity index (χ4n) is 0.960. The van der Waals surface area contributed by atoms with Crippen LogP contribution in [-0.2, 0) is 0 Å². The largest absolute Gasteiger partial charge is 0.206 e. The van der Waals surface area contributed by atoms with E-state index in [-0.39, 0.29) is 5.82 Å². The lowest BCUT2D eigenvalue weighted by Crippen LogP contribution is -1.85. The molecular weight excluding hydrogens is 153 g/mol. The summed E-state index contributed by atoms with van der Waals surface area (Å²) in [6, 6.07) is 8.17. The third-order valence-corrected chi connectivity index (χ3v) is 1.57. The van der Waals surface area contributed by atoms with E-state index in [0.29, 0.717) is 11.1 Å². The predicted octanol–water partition coefficient (Wildman–Crippen LogP) is 2.75. The Hall–Kier alpha value is -1.62. The summed E-state index contributed by atoms with van der Waals surface area (Å²) in [4.78, 5) is 0. The van der Waals surface area contributed by atoms with E-state index in [1.165, 1.54) is 6.07 Å². The van der Waals surface area contributed by atoms with Crippen LogP contribution >= 0.6 is 0 Å². The molecule has 1 rings (SSSR count). The van der Waals surface area contributed by atoms with Crippen LogP contribution in [-0.4, -0.2) is 0 Å². The second kappa shape index (κ2) is 3.68. The van der Waals surface area contributed by atoms with Crippen LogP contribution in [0, 0.1) is 17.1 Å². The first-order valence-electron chi connectivity index (χ1n) is 3.61. The summed E-state index contributed by atoms with van der Waals surface area (Å²) in [5.41, 5.74) is 0.732. The number of hydrogen-bond acceptors (Lipinski definition) is 1. The molecule has 0 heterocycles. The Morgan fingerprint density at radius 3 is 2.67 bits per heavy atom. The first-order chi connectivity index (χ1) is 5.79. The van der Waals surface area contributed by atoms with Gasteiger partial charge in [0.05, 0.1) is 11.6 Å². The molecule has 60 valence electrons. The summed E-state index contributed by atoms with van der Waals surface area (Å²) in [6.07, 6.45) is 1.60. The highest BCUT2D eigenvalue weighted by Gasteiger charge is 2.03. The zero-order chi connectivity index (χ0) is 8.97. The summed E-state index contributed by atoms with van der Waals surface area (Å²) >= 11 is 0. The van der Waals surface area contributed by atoms with Crippen LogP contribution < -0.4 is 0 Å². The van der Waals surface area contributed by atoms with Crippen molar-refractivity contribution < 1.29 is 4.39 Å². The number of nitrogens with zero attached hydrogens (tertiary/aromatic N) is 1.